The minimum absolute atomic E-state index is 0.763. The molecule has 1 aromatic carbocycles. The van der Waals surface area contributed by atoms with Crippen LogP contribution < -0.4 is 5.73 Å². The maximum atomic E-state index is 5.98. The molecule has 0 spiro atoms. The van der Waals surface area contributed by atoms with Crippen molar-refractivity contribution in [1.82, 2.24) is 0 Å². The summed E-state index contributed by atoms with van der Waals surface area (Å²) in [6.07, 6.45) is 6.66. The normalized spacial score (nSPS) is 27.7. The summed E-state index contributed by atoms with van der Waals surface area (Å²) in [4.78, 5) is 0. The molecule has 3 unspecified atom stereocenters. The third-order valence-electron chi connectivity index (χ3n) is 5.07. The van der Waals surface area contributed by atoms with Crippen LogP contribution in [0.25, 0.3) is 0 Å². The van der Waals surface area contributed by atoms with Crippen LogP contribution >= 0.6 is 0 Å². The molecule has 0 aromatic heterocycles. The van der Waals surface area contributed by atoms with Crippen LogP contribution in [0.15, 0.2) is 30.3 Å². The lowest BCUT2D eigenvalue weighted by molar-refractivity contribution is 0.144. The number of rotatable bonds is 5. The van der Waals surface area contributed by atoms with Crippen LogP contribution in [0.5, 0.6) is 0 Å². The Morgan fingerprint density at radius 3 is 2.47 bits per heavy atom. The van der Waals surface area contributed by atoms with E-state index in [1.54, 1.807) is 0 Å². The van der Waals surface area contributed by atoms with Crippen molar-refractivity contribution >= 4 is 0 Å². The molecule has 3 atom stereocenters. The van der Waals surface area contributed by atoms with Gasteiger partial charge >= 0.3 is 0 Å². The molecule has 1 aliphatic rings. The molecule has 0 bridgehead atoms. The van der Waals surface area contributed by atoms with E-state index in [1.807, 2.05) is 0 Å². The fraction of sp³-hybridized carbons (Fsp3) is 0.667. The Morgan fingerprint density at radius 1 is 1.11 bits per heavy atom. The Labute approximate surface area is 118 Å². The van der Waals surface area contributed by atoms with E-state index in [1.165, 1.54) is 37.7 Å². The van der Waals surface area contributed by atoms with E-state index in [2.05, 4.69) is 44.2 Å². The van der Waals surface area contributed by atoms with Gasteiger partial charge in [0.2, 0.25) is 0 Å². The Balaban J connectivity index is 1.91. The summed E-state index contributed by atoms with van der Waals surface area (Å²) in [5, 5.41) is 0. The van der Waals surface area contributed by atoms with E-state index in [4.69, 9.17) is 5.73 Å². The molecule has 19 heavy (non-hydrogen) atoms. The lowest BCUT2D eigenvalue weighted by Gasteiger charge is -2.37. The maximum Gasteiger partial charge on any atom is -0.00462 e. The molecule has 1 aromatic rings. The molecular formula is C18H29N. The molecule has 1 nitrogen and oxygen atoms in total. The highest BCUT2D eigenvalue weighted by Gasteiger charge is 2.30. The van der Waals surface area contributed by atoms with Crippen LogP contribution in [0.1, 0.15) is 45.1 Å². The monoisotopic (exact) mass is 259 g/mol. The average molecular weight is 259 g/mol. The molecule has 2 N–H and O–H groups in total. The predicted molar refractivity (Wildman–Crippen MR) is 83.0 cm³/mol. The Hall–Kier alpha value is -0.820. The molecule has 1 aliphatic carbocycles. The molecule has 0 aliphatic heterocycles. The number of hydrogen-bond donors (Lipinski definition) is 1. The molecule has 1 heteroatoms. The zero-order chi connectivity index (χ0) is 13.7. The molecule has 0 saturated heterocycles. The summed E-state index contributed by atoms with van der Waals surface area (Å²) in [5.41, 5.74) is 7.46. The van der Waals surface area contributed by atoms with Crippen LogP contribution in [-0.2, 0) is 6.42 Å². The molecule has 0 radical (unpaired) electrons. The van der Waals surface area contributed by atoms with Gasteiger partial charge in [0.25, 0.3) is 0 Å². The SMILES string of the molecule is CC(C)C1CCC(CN)C(CCc2ccccc2)C1. The van der Waals surface area contributed by atoms with E-state index in [0.717, 1.165) is 30.2 Å². The van der Waals surface area contributed by atoms with Gasteiger partial charge in [-0.1, -0.05) is 44.2 Å². The smallest absolute Gasteiger partial charge is 0.00462 e. The Morgan fingerprint density at radius 2 is 1.84 bits per heavy atom. The van der Waals surface area contributed by atoms with Gasteiger partial charge in [-0.2, -0.15) is 0 Å². The Bertz CT molecular complexity index is 357. The van der Waals surface area contributed by atoms with Gasteiger partial charge in [-0.25, -0.2) is 0 Å². The second-order valence-corrected chi connectivity index (χ2v) is 6.60. The molecular weight excluding hydrogens is 230 g/mol. The summed E-state index contributed by atoms with van der Waals surface area (Å²) in [6, 6.07) is 10.9. The predicted octanol–water partition coefficient (Wildman–Crippen LogP) is 4.27. The van der Waals surface area contributed by atoms with Gasteiger partial charge in [0.1, 0.15) is 0 Å². The highest BCUT2D eigenvalue weighted by molar-refractivity contribution is 5.14. The van der Waals surface area contributed by atoms with Crippen molar-refractivity contribution < 1.29 is 0 Å². The van der Waals surface area contributed by atoms with Gasteiger partial charge in [0.15, 0.2) is 0 Å². The van der Waals surface area contributed by atoms with Crippen LogP contribution in [0.3, 0.4) is 0 Å². The highest BCUT2D eigenvalue weighted by atomic mass is 14.6. The van der Waals surface area contributed by atoms with Gasteiger partial charge in [0.05, 0.1) is 0 Å². The maximum absolute atomic E-state index is 5.98. The first-order valence-electron chi connectivity index (χ1n) is 7.94. The second kappa shape index (κ2) is 7.09. The summed E-state index contributed by atoms with van der Waals surface area (Å²) in [7, 11) is 0. The third-order valence-corrected chi connectivity index (χ3v) is 5.07. The van der Waals surface area contributed by atoms with Crippen LogP contribution in [0.4, 0.5) is 0 Å². The van der Waals surface area contributed by atoms with Crippen molar-refractivity contribution in [2.24, 2.45) is 29.4 Å². The zero-order valence-corrected chi connectivity index (χ0v) is 12.5. The first kappa shape index (κ1) is 14.6. The number of hydrogen-bond acceptors (Lipinski definition) is 1. The van der Waals surface area contributed by atoms with Gasteiger partial charge in [-0.05, 0) is 67.9 Å². The first-order valence-corrected chi connectivity index (χ1v) is 7.94. The number of aryl methyl sites for hydroxylation is 1. The van der Waals surface area contributed by atoms with Gasteiger partial charge < -0.3 is 5.73 Å². The standard InChI is InChI=1S/C18H29N/c1-14(2)16-10-11-18(13-19)17(12-16)9-8-15-6-4-3-5-7-15/h3-7,14,16-18H,8-13,19H2,1-2H3. The van der Waals surface area contributed by atoms with E-state index in [-0.39, 0.29) is 0 Å². The van der Waals surface area contributed by atoms with Crippen LogP contribution in [0, 0.1) is 23.7 Å². The van der Waals surface area contributed by atoms with Crippen LogP contribution in [-0.4, -0.2) is 6.54 Å². The molecule has 106 valence electrons. The van der Waals surface area contributed by atoms with Gasteiger partial charge in [-0.15, -0.1) is 0 Å². The highest BCUT2D eigenvalue weighted by Crippen LogP contribution is 2.39. The minimum atomic E-state index is 0.763. The molecule has 0 heterocycles. The summed E-state index contributed by atoms with van der Waals surface area (Å²) in [5.74, 6) is 3.35. The van der Waals surface area contributed by atoms with Crippen molar-refractivity contribution in [2.45, 2.75) is 46.0 Å². The average Bonchev–Trinajstić information content (AvgIpc) is 2.45. The zero-order valence-electron chi connectivity index (χ0n) is 12.5. The summed E-state index contributed by atoms with van der Waals surface area (Å²) < 4.78 is 0. The topological polar surface area (TPSA) is 26.0 Å². The van der Waals surface area contributed by atoms with E-state index in [0.29, 0.717) is 0 Å². The lowest BCUT2D eigenvalue weighted by Crippen LogP contribution is -2.32. The minimum Gasteiger partial charge on any atom is -0.330 e. The fourth-order valence-corrected chi connectivity index (χ4v) is 3.63. The van der Waals surface area contributed by atoms with Gasteiger partial charge in [-0.3, -0.25) is 0 Å². The van der Waals surface area contributed by atoms with E-state index < -0.39 is 0 Å². The van der Waals surface area contributed by atoms with Crippen LogP contribution in [0.2, 0.25) is 0 Å². The van der Waals surface area contributed by atoms with Crippen molar-refractivity contribution in [3.63, 3.8) is 0 Å². The van der Waals surface area contributed by atoms with Crippen molar-refractivity contribution in [3.8, 4) is 0 Å². The van der Waals surface area contributed by atoms with Gasteiger partial charge in [0, 0.05) is 0 Å². The van der Waals surface area contributed by atoms with E-state index >= 15 is 0 Å². The van der Waals surface area contributed by atoms with Crippen molar-refractivity contribution in [2.75, 3.05) is 6.54 Å². The largest absolute Gasteiger partial charge is 0.330 e. The quantitative estimate of drug-likeness (QED) is 0.839. The van der Waals surface area contributed by atoms with Crippen molar-refractivity contribution in [3.05, 3.63) is 35.9 Å². The van der Waals surface area contributed by atoms with E-state index in [9.17, 15) is 0 Å². The second-order valence-electron chi connectivity index (χ2n) is 6.60. The summed E-state index contributed by atoms with van der Waals surface area (Å²) >= 11 is 0. The third kappa shape index (κ3) is 4.07. The Kier molecular flexibility index (Phi) is 5.45. The van der Waals surface area contributed by atoms with Crippen molar-refractivity contribution in [1.29, 1.82) is 0 Å². The molecule has 2 rings (SSSR count). The fourth-order valence-electron chi connectivity index (χ4n) is 3.63. The molecule has 1 fully saturated rings. The summed E-state index contributed by atoms with van der Waals surface area (Å²) in [6.45, 7) is 5.63. The number of nitrogens with two attached hydrogens (primary N) is 1. The molecule has 1 saturated carbocycles. The number of benzene rings is 1. The lowest BCUT2D eigenvalue weighted by atomic mass is 9.69. The molecule has 0 amide bonds. The first-order chi connectivity index (χ1) is 9.20.